The SMILES string of the molecule is O=C1C[C@@H](c2ccccc2Cl)c2ccc3c(O)cccc3c2N1. The molecule has 3 nitrogen and oxygen atoms in total. The number of hydrogen-bond acceptors (Lipinski definition) is 2. The van der Waals surface area contributed by atoms with Gasteiger partial charge < -0.3 is 10.4 Å². The molecule has 114 valence electrons. The Hall–Kier alpha value is -2.52. The van der Waals surface area contributed by atoms with Gasteiger partial charge in [0.15, 0.2) is 0 Å². The second kappa shape index (κ2) is 5.28. The third-order valence-electron chi connectivity index (χ3n) is 4.38. The van der Waals surface area contributed by atoms with E-state index in [4.69, 9.17) is 11.6 Å². The largest absolute Gasteiger partial charge is 0.507 e. The molecule has 4 rings (SSSR count). The van der Waals surface area contributed by atoms with Crippen molar-refractivity contribution in [2.75, 3.05) is 5.32 Å². The van der Waals surface area contributed by atoms with Crippen LogP contribution < -0.4 is 5.32 Å². The van der Waals surface area contributed by atoms with E-state index in [2.05, 4.69) is 5.32 Å². The van der Waals surface area contributed by atoms with E-state index >= 15 is 0 Å². The maximum absolute atomic E-state index is 12.2. The van der Waals surface area contributed by atoms with Crippen LogP contribution in [-0.2, 0) is 4.79 Å². The molecule has 4 heteroatoms. The number of phenols is 1. The van der Waals surface area contributed by atoms with Crippen molar-refractivity contribution in [3.05, 3.63) is 70.7 Å². The quantitative estimate of drug-likeness (QED) is 0.683. The molecular weight excluding hydrogens is 310 g/mol. The van der Waals surface area contributed by atoms with Gasteiger partial charge in [-0.2, -0.15) is 0 Å². The smallest absolute Gasteiger partial charge is 0.225 e. The summed E-state index contributed by atoms with van der Waals surface area (Å²) < 4.78 is 0. The lowest BCUT2D eigenvalue weighted by Crippen LogP contribution is -2.23. The maximum atomic E-state index is 12.2. The van der Waals surface area contributed by atoms with Crippen molar-refractivity contribution in [2.45, 2.75) is 12.3 Å². The van der Waals surface area contributed by atoms with E-state index in [-0.39, 0.29) is 17.6 Å². The average molecular weight is 324 g/mol. The third-order valence-corrected chi connectivity index (χ3v) is 4.72. The molecule has 0 aliphatic carbocycles. The first kappa shape index (κ1) is 14.1. The lowest BCUT2D eigenvalue weighted by molar-refractivity contribution is -0.116. The van der Waals surface area contributed by atoms with Crippen LogP contribution in [0.5, 0.6) is 5.75 Å². The van der Waals surface area contributed by atoms with Gasteiger partial charge in [-0.15, -0.1) is 0 Å². The fourth-order valence-electron chi connectivity index (χ4n) is 3.31. The van der Waals surface area contributed by atoms with Gasteiger partial charge >= 0.3 is 0 Å². The Morgan fingerprint density at radius 3 is 2.61 bits per heavy atom. The summed E-state index contributed by atoms with van der Waals surface area (Å²) in [5.41, 5.74) is 2.74. The lowest BCUT2D eigenvalue weighted by Gasteiger charge is -2.28. The fraction of sp³-hybridized carbons (Fsp3) is 0.105. The van der Waals surface area contributed by atoms with E-state index in [1.807, 2.05) is 42.5 Å². The Morgan fingerprint density at radius 1 is 0.957 bits per heavy atom. The Bertz CT molecular complexity index is 936. The normalized spacial score (nSPS) is 16.9. The van der Waals surface area contributed by atoms with E-state index < -0.39 is 0 Å². The minimum absolute atomic E-state index is 0.0433. The molecule has 1 aliphatic rings. The van der Waals surface area contributed by atoms with Crippen LogP contribution in [0.4, 0.5) is 5.69 Å². The summed E-state index contributed by atoms with van der Waals surface area (Å²) in [6.07, 6.45) is 0.362. The topological polar surface area (TPSA) is 49.3 Å². The molecule has 23 heavy (non-hydrogen) atoms. The monoisotopic (exact) mass is 323 g/mol. The fourth-order valence-corrected chi connectivity index (χ4v) is 3.58. The number of anilines is 1. The van der Waals surface area contributed by atoms with Gasteiger partial charge in [0.25, 0.3) is 0 Å². The van der Waals surface area contributed by atoms with Crippen LogP contribution in [0.1, 0.15) is 23.5 Å². The lowest BCUT2D eigenvalue weighted by atomic mass is 9.83. The minimum Gasteiger partial charge on any atom is -0.507 e. The molecule has 1 amide bonds. The van der Waals surface area contributed by atoms with Gasteiger partial charge in [-0.1, -0.05) is 54.1 Å². The highest BCUT2D eigenvalue weighted by atomic mass is 35.5. The van der Waals surface area contributed by atoms with Crippen LogP contribution in [0, 0.1) is 0 Å². The molecule has 0 saturated carbocycles. The zero-order valence-corrected chi connectivity index (χ0v) is 13.0. The number of aromatic hydroxyl groups is 1. The highest BCUT2D eigenvalue weighted by Crippen LogP contribution is 2.43. The number of amides is 1. The molecule has 0 spiro atoms. The Morgan fingerprint density at radius 2 is 1.78 bits per heavy atom. The number of benzene rings is 3. The summed E-state index contributed by atoms with van der Waals surface area (Å²) in [5, 5.41) is 15.2. The van der Waals surface area contributed by atoms with E-state index in [9.17, 15) is 9.90 Å². The number of carbonyl (C=O) groups is 1. The standard InChI is InChI=1S/C19H14ClNO2/c20-16-6-2-1-4-11(16)15-10-18(23)21-19-13-5-3-7-17(22)12(13)8-9-14(15)19/h1-9,15,22H,10H2,(H,21,23)/t15-/m0/s1. The van der Waals surface area contributed by atoms with E-state index in [0.717, 1.165) is 27.6 Å². The summed E-state index contributed by atoms with van der Waals surface area (Å²) in [6.45, 7) is 0. The second-order valence-corrected chi connectivity index (χ2v) is 6.14. The molecule has 3 aromatic rings. The van der Waals surface area contributed by atoms with E-state index in [1.165, 1.54) is 0 Å². The summed E-state index contributed by atoms with van der Waals surface area (Å²) in [5.74, 6) is 0.0804. The van der Waals surface area contributed by atoms with Gasteiger partial charge in [0, 0.05) is 28.1 Å². The number of nitrogens with one attached hydrogen (secondary N) is 1. The Balaban J connectivity index is 1.98. The first-order chi connectivity index (χ1) is 11.1. The van der Waals surface area contributed by atoms with Crippen molar-refractivity contribution < 1.29 is 9.90 Å². The van der Waals surface area contributed by atoms with Crippen molar-refractivity contribution in [3.63, 3.8) is 0 Å². The molecule has 0 radical (unpaired) electrons. The molecule has 2 N–H and O–H groups in total. The van der Waals surface area contributed by atoms with Crippen LogP contribution in [0.2, 0.25) is 5.02 Å². The van der Waals surface area contributed by atoms with Crippen molar-refractivity contribution in [1.29, 1.82) is 0 Å². The maximum Gasteiger partial charge on any atom is 0.225 e. The molecule has 0 unspecified atom stereocenters. The molecule has 0 saturated heterocycles. The van der Waals surface area contributed by atoms with Crippen LogP contribution in [-0.4, -0.2) is 11.0 Å². The van der Waals surface area contributed by atoms with Gasteiger partial charge in [-0.25, -0.2) is 0 Å². The predicted octanol–water partition coefficient (Wildman–Crippen LogP) is 4.67. The second-order valence-electron chi connectivity index (χ2n) is 5.73. The van der Waals surface area contributed by atoms with Crippen LogP contribution in [0.15, 0.2) is 54.6 Å². The molecule has 0 fully saturated rings. The van der Waals surface area contributed by atoms with E-state index in [1.54, 1.807) is 12.1 Å². The van der Waals surface area contributed by atoms with Gasteiger partial charge in [0.2, 0.25) is 5.91 Å². The van der Waals surface area contributed by atoms with Gasteiger partial charge in [0.05, 0.1) is 5.69 Å². The van der Waals surface area contributed by atoms with Crippen molar-refractivity contribution >= 4 is 34.0 Å². The zero-order chi connectivity index (χ0) is 16.0. The first-order valence-electron chi connectivity index (χ1n) is 7.44. The Labute approximate surface area is 138 Å². The zero-order valence-electron chi connectivity index (χ0n) is 12.2. The third kappa shape index (κ3) is 2.25. The number of carbonyl (C=O) groups excluding carboxylic acids is 1. The summed E-state index contributed by atoms with van der Waals surface area (Å²) in [4.78, 5) is 12.2. The molecule has 1 atom stereocenters. The number of rotatable bonds is 1. The van der Waals surface area contributed by atoms with Crippen molar-refractivity contribution in [1.82, 2.24) is 0 Å². The van der Waals surface area contributed by atoms with Gasteiger partial charge in [-0.05, 0) is 23.3 Å². The summed E-state index contributed by atoms with van der Waals surface area (Å²) in [6, 6.07) is 16.8. The molecule has 1 aliphatic heterocycles. The minimum atomic E-state index is -0.0841. The van der Waals surface area contributed by atoms with Crippen LogP contribution in [0.25, 0.3) is 10.8 Å². The van der Waals surface area contributed by atoms with E-state index in [0.29, 0.717) is 11.4 Å². The molecule has 0 bridgehead atoms. The van der Waals surface area contributed by atoms with Crippen molar-refractivity contribution in [3.8, 4) is 5.75 Å². The molecule has 1 heterocycles. The Kier molecular flexibility index (Phi) is 3.24. The van der Waals surface area contributed by atoms with Crippen LogP contribution in [0.3, 0.4) is 0 Å². The average Bonchev–Trinajstić information content (AvgIpc) is 2.55. The number of phenolic OH excluding ortho intramolecular Hbond substituents is 1. The molecule has 0 aromatic heterocycles. The van der Waals surface area contributed by atoms with Gasteiger partial charge in [0.1, 0.15) is 5.75 Å². The highest BCUT2D eigenvalue weighted by Gasteiger charge is 2.29. The number of halogens is 1. The summed E-state index contributed by atoms with van der Waals surface area (Å²) in [7, 11) is 0. The number of hydrogen-bond donors (Lipinski definition) is 2. The van der Waals surface area contributed by atoms with Gasteiger partial charge in [-0.3, -0.25) is 4.79 Å². The van der Waals surface area contributed by atoms with Crippen LogP contribution >= 0.6 is 11.6 Å². The first-order valence-corrected chi connectivity index (χ1v) is 7.82. The number of fused-ring (bicyclic) bond motifs is 3. The predicted molar refractivity (Wildman–Crippen MR) is 92.2 cm³/mol. The molecule has 3 aromatic carbocycles. The summed E-state index contributed by atoms with van der Waals surface area (Å²) >= 11 is 6.34. The van der Waals surface area contributed by atoms with Crippen molar-refractivity contribution in [2.24, 2.45) is 0 Å². The molecular formula is C19H14ClNO2. The highest BCUT2D eigenvalue weighted by molar-refractivity contribution is 6.31.